The van der Waals surface area contributed by atoms with Crippen LogP contribution in [0.4, 0.5) is 25.1 Å². The Morgan fingerprint density at radius 1 is 1.05 bits per heavy atom. The molecule has 0 spiro atoms. The molecule has 43 heavy (non-hydrogen) atoms. The van der Waals surface area contributed by atoms with Crippen LogP contribution in [-0.2, 0) is 0 Å². The van der Waals surface area contributed by atoms with Gasteiger partial charge in [0.05, 0.1) is 11.9 Å². The van der Waals surface area contributed by atoms with E-state index in [0.717, 1.165) is 22.5 Å². The third-order valence-corrected chi connectivity index (χ3v) is 6.95. The van der Waals surface area contributed by atoms with E-state index >= 15 is 0 Å². The number of anilines is 2. The Labute approximate surface area is 253 Å². The fourth-order valence-corrected chi connectivity index (χ4v) is 4.79. The predicted octanol–water partition coefficient (Wildman–Crippen LogP) is 4.29. The fourth-order valence-electron chi connectivity index (χ4n) is 4.79. The number of imidazole rings is 1. The van der Waals surface area contributed by atoms with Crippen molar-refractivity contribution >= 4 is 41.5 Å². The van der Waals surface area contributed by atoms with E-state index in [1.807, 2.05) is 30.4 Å². The molecule has 0 unspecified atom stereocenters. The van der Waals surface area contributed by atoms with Gasteiger partial charge in [0.15, 0.2) is 11.5 Å². The highest BCUT2D eigenvalue weighted by molar-refractivity contribution is 5.96. The summed E-state index contributed by atoms with van der Waals surface area (Å²) in [4.78, 5) is 38.0. The van der Waals surface area contributed by atoms with Crippen molar-refractivity contribution in [2.24, 2.45) is 5.73 Å². The second kappa shape index (κ2) is 13.7. The molecule has 0 radical (unpaired) electrons. The van der Waals surface area contributed by atoms with Crippen molar-refractivity contribution in [3.8, 4) is 17.0 Å². The zero-order valence-corrected chi connectivity index (χ0v) is 24.5. The highest BCUT2D eigenvalue weighted by Crippen LogP contribution is 2.28. The van der Waals surface area contributed by atoms with Crippen LogP contribution in [0, 0.1) is 6.92 Å². The summed E-state index contributed by atoms with van der Waals surface area (Å²) in [5.74, 6) is 0.502. The quantitative estimate of drug-likeness (QED) is 0.270. The molecule has 5 rings (SSSR count). The van der Waals surface area contributed by atoms with Crippen LogP contribution < -0.4 is 21.1 Å². The van der Waals surface area contributed by atoms with Crippen LogP contribution in [0.5, 0.6) is 5.75 Å². The minimum absolute atomic E-state index is 0. The molecular formula is C29H33ClF2N8O3. The van der Waals surface area contributed by atoms with Gasteiger partial charge in [-0.05, 0) is 61.9 Å². The van der Waals surface area contributed by atoms with E-state index in [1.54, 1.807) is 46.6 Å². The van der Waals surface area contributed by atoms with Crippen molar-refractivity contribution in [2.45, 2.75) is 26.5 Å². The maximum absolute atomic E-state index is 13.3. The number of fused-ring (bicyclic) bond motifs is 1. The van der Waals surface area contributed by atoms with E-state index in [9.17, 15) is 18.4 Å². The number of nitrogens with two attached hydrogens (primary N) is 1. The van der Waals surface area contributed by atoms with Crippen molar-refractivity contribution in [3.63, 3.8) is 0 Å². The molecule has 1 fully saturated rings. The van der Waals surface area contributed by atoms with Crippen molar-refractivity contribution in [3.05, 3.63) is 72.2 Å². The van der Waals surface area contributed by atoms with Gasteiger partial charge in [-0.3, -0.25) is 9.20 Å². The van der Waals surface area contributed by atoms with Gasteiger partial charge >= 0.3 is 12.6 Å². The third kappa shape index (κ3) is 7.30. The Hall–Kier alpha value is -4.49. The van der Waals surface area contributed by atoms with Gasteiger partial charge in [0.2, 0.25) is 0 Å². The highest BCUT2D eigenvalue weighted by Gasteiger charge is 2.26. The number of halogens is 3. The van der Waals surface area contributed by atoms with Crippen LogP contribution in [0.2, 0.25) is 0 Å². The van der Waals surface area contributed by atoms with Crippen LogP contribution in [0.3, 0.4) is 0 Å². The highest BCUT2D eigenvalue weighted by atomic mass is 35.5. The van der Waals surface area contributed by atoms with E-state index < -0.39 is 6.61 Å². The summed E-state index contributed by atoms with van der Waals surface area (Å²) in [5.41, 5.74) is 9.92. The number of hydrogen-bond donors (Lipinski definition) is 3. The van der Waals surface area contributed by atoms with Gasteiger partial charge in [-0.25, -0.2) is 14.8 Å². The number of nitrogens with one attached hydrogen (secondary N) is 2. The summed E-state index contributed by atoms with van der Waals surface area (Å²) >= 11 is 0. The smallest absolute Gasteiger partial charge is 0.387 e. The summed E-state index contributed by atoms with van der Waals surface area (Å²) in [6, 6.07) is 11.5. The van der Waals surface area contributed by atoms with Gasteiger partial charge in [0.1, 0.15) is 5.75 Å². The van der Waals surface area contributed by atoms with E-state index in [-0.39, 0.29) is 36.1 Å². The maximum atomic E-state index is 13.3. The second-order valence-electron chi connectivity index (χ2n) is 10.1. The first-order valence-corrected chi connectivity index (χ1v) is 13.5. The lowest BCUT2D eigenvalue weighted by molar-refractivity contribution is -0.0498. The van der Waals surface area contributed by atoms with Crippen molar-refractivity contribution < 1.29 is 23.1 Å². The number of ether oxygens (including phenoxy) is 1. The molecule has 4 N–H and O–H groups in total. The average Bonchev–Trinajstić information content (AvgIpc) is 3.41. The van der Waals surface area contributed by atoms with Crippen LogP contribution in [-0.4, -0.2) is 81.5 Å². The number of aromatic nitrogens is 3. The Kier molecular flexibility index (Phi) is 9.99. The minimum Gasteiger partial charge on any atom is -0.435 e. The van der Waals surface area contributed by atoms with Crippen LogP contribution >= 0.6 is 12.4 Å². The number of benzene rings is 2. The first-order valence-electron chi connectivity index (χ1n) is 13.5. The number of carbonyl (C=O) groups excluding carboxylic acids is 2. The van der Waals surface area contributed by atoms with E-state index in [2.05, 4.69) is 25.3 Å². The molecule has 14 heteroatoms. The molecule has 2 aromatic heterocycles. The average molecular weight is 615 g/mol. The van der Waals surface area contributed by atoms with Gasteiger partial charge in [-0.1, -0.05) is 0 Å². The molecule has 0 saturated carbocycles. The Bertz CT molecular complexity index is 1570. The van der Waals surface area contributed by atoms with Gasteiger partial charge < -0.3 is 30.9 Å². The van der Waals surface area contributed by atoms with Crippen LogP contribution in [0.25, 0.3) is 16.9 Å². The van der Waals surface area contributed by atoms with Gasteiger partial charge in [-0.15, -0.1) is 12.4 Å². The Balaban J connectivity index is 0.00000423. The summed E-state index contributed by atoms with van der Waals surface area (Å²) < 4.78 is 31.3. The zero-order valence-electron chi connectivity index (χ0n) is 23.7. The standard InChI is InChI=1S/C29H32F2N8O3.ClH/c1-18-15-21(5-8-23(18)27(40)37-11-13-38(14-12-37)29(41)35-16-19(2)32)36-25-26-34-17-24(39(26)10-9-33-25)20-3-6-22(7-4-20)42-28(30)31;/h3-10,15,17,19,28H,11-14,16,32H2,1-2H3,(H,33,36)(H,35,41);1H/t19-;/m0./s1. The summed E-state index contributed by atoms with van der Waals surface area (Å²) in [6.07, 6.45) is 5.08. The molecule has 1 atom stereocenters. The molecule has 4 aromatic rings. The lowest BCUT2D eigenvalue weighted by atomic mass is 10.1. The molecule has 0 bridgehead atoms. The first-order chi connectivity index (χ1) is 20.2. The SMILES string of the molecule is Cc1cc(Nc2nccn3c(-c4ccc(OC(F)F)cc4)cnc23)ccc1C(=O)N1CCN(C(=O)NC[C@H](C)N)CC1.Cl. The number of aryl methyl sites for hydroxylation is 1. The summed E-state index contributed by atoms with van der Waals surface area (Å²) in [7, 11) is 0. The van der Waals surface area contributed by atoms with Crippen LogP contribution in [0.1, 0.15) is 22.8 Å². The number of urea groups is 1. The fraction of sp³-hybridized carbons (Fsp3) is 0.310. The number of nitrogens with zero attached hydrogens (tertiary/aromatic N) is 5. The molecule has 0 aliphatic carbocycles. The molecule has 1 aliphatic rings. The molecular weight excluding hydrogens is 582 g/mol. The van der Waals surface area contributed by atoms with Crippen molar-refractivity contribution in [2.75, 3.05) is 38.0 Å². The van der Waals surface area contributed by atoms with E-state index in [4.69, 9.17) is 5.73 Å². The Morgan fingerprint density at radius 3 is 2.40 bits per heavy atom. The van der Waals surface area contributed by atoms with E-state index in [1.165, 1.54) is 12.1 Å². The van der Waals surface area contributed by atoms with Gasteiger partial charge in [0.25, 0.3) is 5.91 Å². The lowest BCUT2D eigenvalue weighted by Gasteiger charge is -2.35. The molecule has 1 aliphatic heterocycles. The number of hydrogen-bond acceptors (Lipinski definition) is 7. The topological polar surface area (TPSA) is 130 Å². The van der Waals surface area contributed by atoms with Crippen LogP contribution in [0.15, 0.2) is 61.1 Å². The monoisotopic (exact) mass is 614 g/mol. The summed E-state index contributed by atoms with van der Waals surface area (Å²) in [6.45, 7) is 3.00. The van der Waals surface area contributed by atoms with Crippen molar-refractivity contribution in [1.82, 2.24) is 29.5 Å². The molecule has 228 valence electrons. The van der Waals surface area contributed by atoms with E-state index in [0.29, 0.717) is 49.8 Å². The van der Waals surface area contributed by atoms with Gasteiger partial charge in [-0.2, -0.15) is 8.78 Å². The lowest BCUT2D eigenvalue weighted by Crippen LogP contribution is -2.54. The summed E-state index contributed by atoms with van der Waals surface area (Å²) in [5, 5.41) is 6.09. The first kappa shape index (κ1) is 31.4. The molecule has 2 aromatic carbocycles. The minimum atomic E-state index is -2.89. The largest absolute Gasteiger partial charge is 0.435 e. The number of alkyl halides is 2. The number of piperazine rings is 1. The Morgan fingerprint density at radius 2 is 1.74 bits per heavy atom. The zero-order chi connectivity index (χ0) is 29.8. The molecule has 3 amide bonds. The molecule has 11 nitrogen and oxygen atoms in total. The predicted molar refractivity (Wildman–Crippen MR) is 161 cm³/mol. The van der Waals surface area contributed by atoms with Gasteiger partial charge in [0, 0.05) is 68.0 Å². The molecule has 1 saturated heterocycles. The molecule has 3 heterocycles. The maximum Gasteiger partial charge on any atom is 0.387 e. The number of amides is 3. The number of carbonyl (C=O) groups is 2. The number of rotatable bonds is 8. The van der Waals surface area contributed by atoms with Crippen molar-refractivity contribution in [1.29, 1.82) is 0 Å². The second-order valence-corrected chi connectivity index (χ2v) is 10.1. The normalized spacial score (nSPS) is 13.9. The third-order valence-electron chi connectivity index (χ3n) is 6.95.